The van der Waals surface area contributed by atoms with Gasteiger partial charge >= 0.3 is 10.2 Å². The fourth-order valence-electron chi connectivity index (χ4n) is 12.0. The molecule has 466 valence electrons. The van der Waals surface area contributed by atoms with Crippen LogP contribution in [0.4, 0.5) is 24.5 Å². The van der Waals surface area contributed by atoms with E-state index in [0.29, 0.717) is 35.7 Å². The molecule has 4 aliphatic rings. The summed E-state index contributed by atoms with van der Waals surface area (Å²) in [7, 11) is -2.79. The Morgan fingerprint density at radius 2 is 1.59 bits per heavy atom. The van der Waals surface area contributed by atoms with Gasteiger partial charge in [0.1, 0.15) is 29.7 Å². The first-order valence-corrected chi connectivity index (χ1v) is 31.8. The average molecular weight is 1240 g/mol. The summed E-state index contributed by atoms with van der Waals surface area (Å²) >= 11 is 1.55. The normalized spacial score (nSPS) is 20.0. The Hall–Kier alpha value is -6.84. The second-order valence-electron chi connectivity index (χ2n) is 24.1. The number of piperazine rings is 1. The molecule has 7 heterocycles. The number of amides is 3. The number of methoxy groups -OCH3 is 1. The lowest BCUT2D eigenvalue weighted by atomic mass is 9.85. The van der Waals surface area contributed by atoms with E-state index in [1.54, 1.807) is 36.2 Å². The number of nitrogens with zero attached hydrogens (tertiary/aromatic N) is 7. The van der Waals surface area contributed by atoms with Crippen LogP contribution in [-0.4, -0.2) is 194 Å². The average Bonchev–Trinajstić information content (AvgIpc) is 4.17. The topological polar surface area (TPSA) is 235 Å². The highest BCUT2D eigenvalue weighted by molar-refractivity contribution is 7.90. The van der Waals surface area contributed by atoms with Crippen LogP contribution in [0.25, 0.3) is 32.6 Å². The van der Waals surface area contributed by atoms with Crippen LogP contribution in [0.1, 0.15) is 79.7 Å². The van der Waals surface area contributed by atoms with Crippen LogP contribution in [0.5, 0.6) is 0 Å². The van der Waals surface area contributed by atoms with Gasteiger partial charge in [-0.1, -0.05) is 57.2 Å². The van der Waals surface area contributed by atoms with Gasteiger partial charge in [-0.25, -0.2) is 23.1 Å². The van der Waals surface area contributed by atoms with Gasteiger partial charge in [0.15, 0.2) is 5.82 Å². The molecule has 87 heavy (non-hydrogen) atoms. The van der Waals surface area contributed by atoms with Gasteiger partial charge in [0.05, 0.1) is 65.8 Å². The van der Waals surface area contributed by atoms with Gasteiger partial charge in [-0.15, -0.1) is 11.3 Å². The van der Waals surface area contributed by atoms with E-state index >= 15 is 8.78 Å². The largest absolute Gasteiger partial charge is 0.391 e. The number of aromatic nitrogens is 3. The molecule has 1 unspecified atom stereocenters. The first-order chi connectivity index (χ1) is 41.6. The number of ether oxygens (including phenoxy) is 2. The van der Waals surface area contributed by atoms with Crippen LogP contribution in [0.15, 0.2) is 84.6 Å². The molecular formula is C62H76F3N11O9S2. The first kappa shape index (κ1) is 63.2. The number of anilines is 2. The smallest absolute Gasteiger partial charge is 0.301 e. The van der Waals surface area contributed by atoms with E-state index in [4.69, 9.17) is 9.47 Å². The van der Waals surface area contributed by atoms with E-state index in [1.807, 2.05) is 80.9 Å². The van der Waals surface area contributed by atoms with E-state index in [1.165, 1.54) is 11.1 Å². The van der Waals surface area contributed by atoms with Crippen LogP contribution in [0.2, 0.25) is 0 Å². The molecule has 0 saturated carbocycles. The number of thiazole rings is 1. The number of piperidine rings is 1. The number of aromatic amines is 1. The highest BCUT2D eigenvalue weighted by atomic mass is 32.2. The van der Waals surface area contributed by atoms with Crippen molar-refractivity contribution in [2.75, 3.05) is 109 Å². The molecule has 3 amide bonds. The molecule has 25 heteroatoms. The van der Waals surface area contributed by atoms with Crippen molar-refractivity contribution < 1.29 is 55.3 Å². The van der Waals surface area contributed by atoms with Crippen molar-refractivity contribution in [3.63, 3.8) is 0 Å². The van der Waals surface area contributed by atoms with Crippen LogP contribution >= 0.6 is 11.3 Å². The number of alkyl halides is 1. The zero-order valence-corrected chi connectivity index (χ0v) is 51.2. The molecule has 4 fully saturated rings. The Labute approximate surface area is 509 Å². The maximum Gasteiger partial charge on any atom is 0.301 e. The van der Waals surface area contributed by atoms with Crippen molar-refractivity contribution in [1.82, 2.24) is 44.6 Å². The van der Waals surface area contributed by atoms with Crippen LogP contribution in [0.3, 0.4) is 0 Å². The van der Waals surface area contributed by atoms with Crippen molar-refractivity contribution in [3.8, 4) is 21.6 Å². The van der Waals surface area contributed by atoms with Gasteiger partial charge in [0.2, 0.25) is 23.5 Å². The van der Waals surface area contributed by atoms with Gasteiger partial charge in [-0.05, 0) is 97.6 Å². The minimum atomic E-state index is -4.38. The van der Waals surface area contributed by atoms with Crippen molar-refractivity contribution >= 4 is 67.5 Å². The molecule has 6 aromatic rings. The Bertz CT molecular complexity index is 3530. The zero-order valence-electron chi connectivity index (χ0n) is 49.6. The number of H-pyrrole nitrogens is 1. The number of nitrogens with one attached hydrogen (secondary N) is 4. The van der Waals surface area contributed by atoms with E-state index in [0.717, 1.165) is 108 Å². The molecule has 0 radical (unpaired) electrons. The Balaban J connectivity index is 0.690. The highest BCUT2D eigenvalue weighted by Gasteiger charge is 2.45. The number of aliphatic hydroxyl groups excluding tert-OH is 1. The highest BCUT2D eigenvalue weighted by Crippen LogP contribution is 2.34. The summed E-state index contributed by atoms with van der Waals surface area (Å²) in [5.41, 5.74) is 4.99. The molecule has 4 aliphatic heterocycles. The summed E-state index contributed by atoms with van der Waals surface area (Å²) in [6.07, 6.45) is 2.53. The summed E-state index contributed by atoms with van der Waals surface area (Å²) in [5, 5.41) is 17.4. The number of β-amino-alcohol motifs (C(OH)–C–C–N with tert-alkyl or cyclic N) is 1. The number of likely N-dealkylation sites (tertiary alicyclic amines) is 2. The van der Waals surface area contributed by atoms with Crippen LogP contribution < -0.4 is 20.3 Å². The second-order valence-corrected chi connectivity index (χ2v) is 26.6. The van der Waals surface area contributed by atoms with Crippen molar-refractivity contribution in [2.45, 2.75) is 83.8 Å². The SMILES string of the molecule is COCCOC[C@H](NC(=O)C1C[C@@H](O)CN1C(=O)[C@@H](NC(=O)CN1CCC(CN2CCN(c3ccc(-c4cnc5[nH]cc(C(=O)c6c(F)ccc(NS(=O)(=O)N7CC[C@@H](F)C7)c6F)c5c4)cc3)CC2)CC1)C(C)(C)C)c1ccc(-c2scnc2C)cc1. The maximum absolute atomic E-state index is 15.9. The zero-order chi connectivity index (χ0) is 61.7. The van der Waals surface area contributed by atoms with Crippen LogP contribution in [0, 0.1) is 29.9 Å². The maximum atomic E-state index is 15.9. The van der Waals surface area contributed by atoms with E-state index in [2.05, 4.69) is 40.3 Å². The molecule has 0 spiro atoms. The predicted molar refractivity (Wildman–Crippen MR) is 326 cm³/mol. The fourth-order valence-corrected chi connectivity index (χ4v) is 14.1. The Kier molecular flexibility index (Phi) is 19.8. The number of benzene rings is 3. The number of halogens is 3. The molecule has 0 aliphatic carbocycles. The molecule has 3 aromatic carbocycles. The van der Waals surface area contributed by atoms with Crippen molar-refractivity contribution in [2.24, 2.45) is 11.3 Å². The third kappa shape index (κ3) is 14.8. The molecule has 0 bridgehead atoms. The van der Waals surface area contributed by atoms with E-state index in [9.17, 15) is 37.1 Å². The lowest BCUT2D eigenvalue weighted by molar-refractivity contribution is -0.144. The number of carbonyl (C=O) groups excluding carboxylic acids is 4. The number of rotatable bonds is 22. The van der Waals surface area contributed by atoms with Gasteiger partial charge in [0, 0.05) is 100 Å². The summed E-state index contributed by atoms with van der Waals surface area (Å²) < 4.78 is 84.6. The lowest BCUT2D eigenvalue weighted by Crippen LogP contribution is -2.59. The number of aryl methyl sites for hydroxylation is 1. The standard InChI is InChI=1S/C62H76F3N11O9S2/c1-38-57(86-37-68-38)42-8-6-41(7-9-42)51(36-85-27-26-84-5)69-60(80)52-29-46(77)34-76(52)61(81)58(62(2,3)4)70-53(78)35-72-19-16-39(17-20-72)32-73-22-24-74(25-23-73)45-12-10-40(11-13-45)43-28-47-48(31-67-59(47)66-30-43)56(79)54-49(64)14-15-50(55(54)65)71-87(82,83)75-21-18-44(63)33-75/h6-15,28,30-31,37,39,44,46,51-52,58,71,77H,16-27,29,32-36H2,1-5H3,(H,66,67)(H,69,80)(H,70,78)/t44-,46-,51+,52?,58-/m1/s1. The van der Waals surface area contributed by atoms with Gasteiger partial charge in [-0.3, -0.25) is 33.7 Å². The molecule has 20 nitrogen and oxygen atoms in total. The quantitative estimate of drug-likeness (QED) is 0.0351. The third-order valence-electron chi connectivity index (χ3n) is 16.9. The Morgan fingerprint density at radius 3 is 2.25 bits per heavy atom. The molecule has 5 atom stereocenters. The number of pyridine rings is 1. The summed E-state index contributed by atoms with van der Waals surface area (Å²) in [6.45, 7) is 13.8. The molecule has 10 rings (SSSR count). The second kappa shape index (κ2) is 27.3. The summed E-state index contributed by atoms with van der Waals surface area (Å²) in [4.78, 5) is 77.5. The molecule has 5 N–H and O–H groups in total. The van der Waals surface area contributed by atoms with Gasteiger partial charge < -0.3 is 40.0 Å². The number of carbonyl (C=O) groups is 4. The Morgan fingerprint density at radius 1 is 0.862 bits per heavy atom. The van der Waals surface area contributed by atoms with Crippen LogP contribution in [-0.2, 0) is 34.1 Å². The summed E-state index contributed by atoms with van der Waals surface area (Å²) in [5.74, 6) is -4.28. The number of aliphatic hydroxyl groups is 1. The molecule has 3 aromatic heterocycles. The van der Waals surface area contributed by atoms with Crippen molar-refractivity contribution in [3.05, 3.63) is 119 Å². The van der Waals surface area contributed by atoms with Gasteiger partial charge in [-0.2, -0.15) is 12.7 Å². The minimum Gasteiger partial charge on any atom is -0.391 e. The lowest BCUT2D eigenvalue weighted by Gasteiger charge is -2.40. The summed E-state index contributed by atoms with van der Waals surface area (Å²) in [6, 6.07) is 16.7. The monoisotopic (exact) mass is 1240 g/mol. The number of hydrogen-bond acceptors (Lipinski definition) is 15. The first-order valence-electron chi connectivity index (χ1n) is 29.5. The number of fused-ring (bicyclic) bond motifs is 1. The van der Waals surface area contributed by atoms with E-state index < -0.39 is 93.1 Å². The third-order valence-corrected chi connectivity index (χ3v) is 19.4. The number of ketones is 1. The molecular weight excluding hydrogens is 1160 g/mol. The predicted octanol–water partition coefficient (Wildman–Crippen LogP) is 6.72. The van der Waals surface area contributed by atoms with E-state index in [-0.39, 0.29) is 50.6 Å². The van der Waals surface area contributed by atoms with Gasteiger partial charge in [0.25, 0.3) is 0 Å². The minimum absolute atomic E-state index is 0.00789. The molecule has 4 saturated heterocycles. The number of hydrogen-bond donors (Lipinski definition) is 5. The van der Waals surface area contributed by atoms with Crippen molar-refractivity contribution in [1.29, 1.82) is 0 Å². The fraction of sp³-hybridized carbons (Fsp3) is 0.484.